The van der Waals surface area contributed by atoms with Crippen molar-refractivity contribution >= 4 is 12.4 Å². The van der Waals surface area contributed by atoms with Crippen LogP contribution in [0.4, 0.5) is 0 Å². The Morgan fingerprint density at radius 3 is 1.75 bits per heavy atom. The van der Waals surface area contributed by atoms with Gasteiger partial charge in [-0.25, -0.2) is 0 Å². The molecule has 1 saturated carbocycles. The van der Waals surface area contributed by atoms with Crippen LogP contribution in [0.5, 0.6) is 0 Å². The van der Waals surface area contributed by atoms with Crippen molar-refractivity contribution in [3.63, 3.8) is 0 Å². The number of hydrogen-bond donors (Lipinski definition) is 0. The van der Waals surface area contributed by atoms with Gasteiger partial charge in [0.15, 0.2) is 0 Å². The predicted molar refractivity (Wildman–Crippen MR) is 114 cm³/mol. The van der Waals surface area contributed by atoms with Crippen LogP contribution in [-0.2, 0) is 19.1 Å². The van der Waals surface area contributed by atoms with Crippen LogP contribution in [0.2, 0.25) is 0 Å². The lowest BCUT2D eigenvalue weighted by atomic mass is 9.72. The number of hydrogen-bond acceptors (Lipinski definition) is 4. The first kappa shape index (κ1) is 25.0. The maximum atomic E-state index is 12.2. The molecular weight excluding hydrogens is 352 g/mol. The second kappa shape index (κ2) is 11.8. The van der Waals surface area contributed by atoms with Crippen LogP contribution in [-0.4, -0.2) is 23.6 Å². The Hall–Kier alpha value is -1.06. The molecule has 0 heterocycles. The van der Waals surface area contributed by atoms with Gasteiger partial charge in [0.2, 0.25) is 0 Å². The van der Waals surface area contributed by atoms with Crippen LogP contribution in [0.15, 0.2) is 0 Å². The number of carbonyl (C=O) groups is 2. The number of ether oxygens (including phenoxy) is 2. The van der Waals surface area contributed by atoms with Crippen LogP contribution < -0.4 is 0 Å². The van der Waals surface area contributed by atoms with E-state index in [4.69, 9.17) is 9.47 Å². The van der Waals surface area contributed by atoms with Gasteiger partial charge in [0.25, 0.3) is 6.47 Å². The van der Waals surface area contributed by atoms with E-state index in [0.717, 1.165) is 44.9 Å². The van der Waals surface area contributed by atoms with Crippen LogP contribution in [0, 0.1) is 17.8 Å². The lowest BCUT2D eigenvalue weighted by Crippen LogP contribution is -2.39. The summed E-state index contributed by atoms with van der Waals surface area (Å²) in [4.78, 5) is 23.3. The molecule has 0 radical (unpaired) electrons. The standard InChI is InChI=1S/C24H44O4/c1-7-15-24(10-4,27-18-25)17-21-13-11-20(12-14-21)16-23(8-2,9-3)28-22(26)19(5)6/h18-21H,7-17H2,1-6H3. The van der Waals surface area contributed by atoms with Crippen LogP contribution in [0.25, 0.3) is 0 Å². The van der Waals surface area contributed by atoms with Crippen molar-refractivity contribution < 1.29 is 19.1 Å². The van der Waals surface area contributed by atoms with Gasteiger partial charge in [-0.3, -0.25) is 9.59 Å². The fourth-order valence-corrected chi connectivity index (χ4v) is 4.92. The molecule has 0 aromatic carbocycles. The molecule has 4 nitrogen and oxygen atoms in total. The van der Waals surface area contributed by atoms with E-state index < -0.39 is 0 Å². The van der Waals surface area contributed by atoms with E-state index in [2.05, 4.69) is 27.7 Å². The largest absolute Gasteiger partial charge is 0.461 e. The van der Waals surface area contributed by atoms with Gasteiger partial charge < -0.3 is 9.47 Å². The Kier molecular flexibility index (Phi) is 10.5. The van der Waals surface area contributed by atoms with E-state index in [1.165, 1.54) is 25.7 Å². The maximum Gasteiger partial charge on any atom is 0.308 e. The van der Waals surface area contributed by atoms with Crippen molar-refractivity contribution in [1.29, 1.82) is 0 Å². The van der Waals surface area contributed by atoms with Gasteiger partial charge in [-0.05, 0) is 50.4 Å². The normalized spacial score (nSPS) is 22.5. The summed E-state index contributed by atoms with van der Waals surface area (Å²) in [5, 5.41) is 0. The highest BCUT2D eigenvalue weighted by atomic mass is 16.6. The SMILES string of the molecule is CCCC(CC)(CC1CCC(CC(CC)(CC)OC(=O)C(C)C)CC1)OC=O. The van der Waals surface area contributed by atoms with Crippen molar-refractivity contribution in [3.8, 4) is 0 Å². The van der Waals surface area contributed by atoms with Crippen LogP contribution in [0.1, 0.15) is 112 Å². The van der Waals surface area contributed by atoms with Gasteiger partial charge in [-0.15, -0.1) is 0 Å². The molecule has 1 atom stereocenters. The average molecular weight is 397 g/mol. The molecular formula is C24H44O4. The monoisotopic (exact) mass is 396 g/mol. The summed E-state index contributed by atoms with van der Waals surface area (Å²) >= 11 is 0. The number of carbonyl (C=O) groups excluding carboxylic acids is 2. The third kappa shape index (κ3) is 7.08. The van der Waals surface area contributed by atoms with E-state index >= 15 is 0 Å². The number of rotatable bonds is 13. The zero-order valence-electron chi connectivity index (χ0n) is 19.2. The Morgan fingerprint density at radius 1 is 0.929 bits per heavy atom. The maximum absolute atomic E-state index is 12.2. The molecule has 28 heavy (non-hydrogen) atoms. The molecule has 0 aromatic heterocycles. The minimum absolute atomic E-state index is 0.0734. The molecule has 0 spiro atoms. The summed E-state index contributed by atoms with van der Waals surface area (Å²) in [6, 6.07) is 0. The van der Waals surface area contributed by atoms with E-state index in [-0.39, 0.29) is 23.1 Å². The molecule has 0 bridgehead atoms. The Morgan fingerprint density at radius 2 is 1.39 bits per heavy atom. The fourth-order valence-electron chi connectivity index (χ4n) is 4.92. The lowest BCUT2D eigenvalue weighted by molar-refractivity contribution is -0.167. The highest BCUT2D eigenvalue weighted by Gasteiger charge is 2.38. The third-order valence-corrected chi connectivity index (χ3v) is 7.01. The molecule has 1 rings (SSSR count). The predicted octanol–water partition coefficient (Wildman–Crippen LogP) is 6.45. The summed E-state index contributed by atoms with van der Waals surface area (Å²) in [7, 11) is 0. The van der Waals surface area contributed by atoms with Crippen molar-refractivity contribution in [2.45, 2.75) is 123 Å². The first-order valence-electron chi connectivity index (χ1n) is 11.6. The Balaban J connectivity index is 2.66. The summed E-state index contributed by atoms with van der Waals surface area (Å²) < 4.78 is 11.6. The van der Waals surface area contributed by atoms with Crippen molar-refractivity contribution in [1.82, 2.24) is 0 Å². The Bertz CT molecular complexity index is 461. The molecule has 0 amide bonds. The second-order valence-corrected chi connectivity index (χ2v) is 9.26. The first-order valence-corrected chi connectivity index (χ1v) is 11.6. The quantitative estimate of drug-likeness (QED) is 0.265. The highest BCUT2D eigenvalue weighted by Crippen LogP contribution is 2.42. The molecule has 4 heteroatoms. The molecule has 1 fully saturated rings. The smallest absolute Gasteiger partial charge is 0.308 e. The molecule has 0 saturated heterocycles. The minimum atomic E-state index is -0.311. The summed E-state index contributed by atoms with van der Waals surface area (Å²) in [5.74, 6) is 1.09. The highest BCUT2D eigenvalue weighted by molar-refractivity contribution is 5.72. The van der Waals surface area contributed by atoms with E-state index in [9.17, 15) is 9.59 Å². The van der Waals surface area contributed by atoms with Gasteiger partial charge in [0.1, 0.15) is 11.2 Å². The van der Waals surface area contributed by atoms with Gasteiger partial charge >= 0.3 is 5.97 Å². The van der Waals surface area contributed by atoms with Crippen molar-refractivity contribution in [2.75, 3.05) is 0 Å². The molecule has 164 valence electrons. The zero-order chi connectivity index (χ0) is 21.2. The lowest BCUT2D eigenvalue weighted by Gasteiger charge is -2.40. The average Bonchev–Trinajstić information content (AvgIpc) is 2.69. The van der Waals surface area contributed by atoms with Crippen molar-refractivity contribution in [3.05, 3.63) is 0 Å². The van der Waals surface area contributed by atoms with Crippen molar-refractivity contribution in [2.24, 2.45) is 17.8 Å². The van der Waals surface area contributed by atoms with Gasteiger partial charge in [-0.1, -0.05) is 73.6 Å². The summed E-state index contributed by atoms with van der Waals surface area (Å²) in [6.45, 7) is 13.0. The summed E-state index contributed by atoms with van der Waals surface area (Å²) in [5.41, 5.74) is -0.591. The molecule has 1 aliphatic rings. The third-order valence-electron chi connectivity index (χ3n) is 7.01. The van der Waals surface area contributed by atoms with E-state index in [1.54, 1.807) is 0 Å². The molecule has 1 unspecified atom stereocenters. The molecule has 1 aliphatic carbocycles. The minimum Gasteiger partial charge on any atom is -0.461 e. The van der Waals surface area contributed by atoms with Gasteiger partial charge in [0.05, 0.1) is 5.92 Å². The van der Waals surface area contributed by atoms with Gasteiger partial charge in [0, 0.05) is 0 Å². The molecule has 0 aromatic rings. The van der Waals surface area contributed by atoms with Crippen LogP contribution >= 0.6 is 0 Å². The molecule has 0 aliphatic heterocycles. The topological polar surface area (TPSA) is 52.6 Å². The van der Waals surface area contributed by atoms with Gasteiger partial charge in [-0.2, -0.15) is 0 Å². The zero-order valence-corrected chi connectivity index (χ0v) is 19.2. The number of esters is 1. The Labute approximate surface area is 173 Å². The molecule has 0 N–H and O–H groups in total. The summed E-state index contributed by atoms with van der Waals surface area (Å²) in [6.07, 6.45) is 11.3. The first-order chi connectivity index (χ1) is 13.3. The fraction of sp³-hybridized carbons (Fsp3) is 0.917. The van der Waals surface area contributed by atoms with E-state index in [1.807, 2.05) is 13.8 Å². The second-order valence-electron chi connectivity index (χ2n) is 9.26. The van der Waals surface area contributed by atoms with Crippen LogP contribution in [0.3, 0.4) is 0 Å². The van der Waals surface area contributed by atoms with E-state index in [0.29, 0.717) is 18.3 Å².